The molecule has 0 aliphatic carbocycles. The molecule has 0 radical (unpaired) electrons. The van der Waals surface area contributed by atoms with Crippen LogP contribution in [0.3, 0.4) is 0 Å². The molecule has 142 valence electrons. The van der Waals surface area contributed by atoms with Crippen LogP contribution in [0, 0.1) is 10.8 Å². The van der Waals surface area contributed by atoms with E-state index in [1.165, 1.54) is 23.5 Å². The molecule has 2 aromatic rings. The first-order valence-corrected chi connectivity index (χ1v) is 9.28. The Morgan fingerprint density at radius 3 is 2.00 bits per heavy atom. The average molecular weight is 543 g/mol. The largest absolute Gasteiger partial charge is 0.457 e. The molecule has 0 aromatic heterocycles. The van der Waals surface area contributed by atoms with Crippen LogP contribution in [0.1, 0.15) is 11.1 Å². The number of nitrogens with two attached hydrogens (primary N) is 2. The Kier molecular flexibility index (Phi) is 12.1. The molecule has 0 aliphatic heterocycles. The quantitative estimate of drug-likeness (QED) is 0.283. The second-order valence-corrected chi connectivity index (χ2v) is 7.24. The van der Waals surface area contributed by atoms with Crippen molar-refractivity contribution in [2.45, 2.75) is 11.5 Å². The van der Waals surface area contributed by atoms with Gasteiger partial charge in [0.15, 0.2) is 10.3 Å². The van der Waals surface area contributed by atoms with Gasteiger partial charge in [-0.2, -0.15) is 0 Å². The van der Waals surface area contributed by atoms with Crippen LogP contribution in [0.2, 0.25) is 5.02 Å². The zero-order valence-corrected chi connectivity index (χ0v) is 19.3. The molecule has 2 rings (SSSR count). The van der Waals surface area contributed by atoms with Gasteiger partial charge in [-0.1, -0.05) is 59.4 Å². The van der Waals surface area contributed by atoms with Crippen molar-refractivity contribution in [1.29, 1.82) is 10.8 Å². The fourth-order valence-corrected chi connectivity index (χ4v) is 3.16. The Hall–Kier alpha value is -0.870. The van der Waals surface area contributed by atoms with E-state index in [9.17, 15) is 0 Å². The summed E-state index contributed by atoms with van der Waals surface area (Å²) < 4.78 is 6.05. The van der Waals surface area contributed by atoms with Crippen LogP contribution in [0.5, 0.6) is 11.5 Å². The van der Waals surface area contributed by atoms with Crippen LogP contribution < -0.4 is 16.2 Å². The van der Waals surface area contributed by atoms with Crippen molar-refractivity contribution < 1.29 is 4.74 Å². The maximum absolute atomic E-state index is 7.35. The van der Waals surface area contributed by atoms with Crippen molar-refractivity contribution in [2.75, 3.05) is 0 Å². The van der Waals surface area contributed by atoms with Gasteiger partial charge in [0.2, 0.25) is 0 Å². The summed E-state index contributed by atoms with van der Waals surface area (Å²) in [5.41, 5.74) is 12.6. The zero-order chi connectivity index (χ0) is 17.5. The highest BCUT2D eigenvalue weighted by Gasteiger charge is 2.10. The fourth-order valence-electron chi connectivity index (χ4n) is 1.89. The lowest BCUT2D eigenvalue weighted by Crippen LogP contribution is -2.05. The molecule has 0 unspecified atom stereocenters. The van der Waals surface area contributed by atoms with E-state index in [1.807, 2.05) is 30.3 Å². The van der Waals surface area contributed by atoms with E-state index in [1.54, 1.807) is 12.1 Å². The minimum Gasteiger partial charge on any atom is -0.457 e. The molecule has 10 heteroatoms. The number of ether oxygens (including phenoxy) is 1. The van der Waals surface area contributed by atoms with Crippen molar-refractivity contribution in [2.24, 2.45) is 11.5 Å². The molecular weight excluding hydrogens is 524 g/mol. The number of hydrogen-bond acceptors (Lipinski definition) is 5. The van der Waals surface area contributed by atoms with Gasteiger partial charge in [-0.05, 0) is 18.2 Å². The summed E-state index contributed by atoms with van der Waals surface area (Å²) in [5.74, 6) is 2.37. The summed E-state index contributed by atoms with van der Waals surface area (Å²) in [6.45, 7) is 0. The van der Waals surface area contributed by atoms with Gasteiger partial charge in [0, 0.05) is 27.7 Å². The normalized spacial score (nSPS) is 9.58. The Bertz CT molecular complexity index is 765. The van der Waals surface area contributed by atoms with E-state index in [4.69, 9.17) is 38.6 Å². The third kappa shape index (κ3) is 8.22. The number of rotatable bonds is 6. The van der Waals surface area contributed by atoms with Crippen LogP contribution in [-0.4, -0.2) is 10.3 Å². The van der Waals surface area contributed by atoms with Gasteiger partial charge in [-0.15, -0.1) is 34.0 Å². The third-order valence-corrected chi connectivity index (χ3v) is 4.76. The highest BCUT2D eigenvalue weighted by atomic mass is 79.9. The molecule has 26 heavy (non-hydrogen) atoms. The molecule has 0 aliphatic rings. The fraction of sp³-hybridized carbons (Fsp3) is 0.125. The van der Waals surface area contributed by atoms with Crippen LogP contribution >= 0.6 is 69.1 Å². The van der Waals surface area contributed by atoms with Gasteiger partial charge in [-0.3, -0.25) is 10.8 Å². The maximum Gasteiger partial charge on any atom is 0.151 e. The van der Waals surface area contributed by atoms with Crippen LogP contribution in [0.15, 0.2) is 42.5 Å². The highest BCUT2D eigenvalue weighted by Crippen LogP contribution is 2.33. The minimum atomic E-state index is 0. The zero-order valence-electron chi connectivity index (χ0n) is 13.5. The van der Waals surface area contributed by atoms with Gasteiger partial charge in [0.05, 0.1) is 0 Å². The molecule has 0 amide bonds. The average Bonchev–Trinajstić information content (AvgIpc) is 2.53. The Balaban J connectivity index is 0.00000312. The second-order valence-electron chi connectivity index (χ2n) is 4.77. The number of halogens is 3. The summed E-state index contributed by atoms with van der Waals surface area (Å²) in [6, 6.07) is 13.0. The first kappa shape index (κ1) is 25.1. The lowest BCUT2D eigenvalue weighted by atomic mass is 10.2. The standard InChI is InChI=1S/C16H17ClN4OS2.2BrH/c17-12-6-5-11(9-24-16(20)21)14(7-12)22-13-4-2-1-3-10(13)8-23-15(18)19;;/h1-7H,8-9H2,(H3,18,19)(H3,20,21);2*1H. The number of nitrogens with one attached hydrogen (secondary N) is 2. The van der Waals surface area contributed by atoms with Crippen molar-refractivity contribution >= 4 is 79.4 Å². The first-order chi connectivity index (χ1) is 11.5. The molecule has 0 spiro atoms. The molecule has 2 aromatic carbocycles. The van der Waals surface area contributed by atoms with Crippen LogP contribution in [-0.2, 0) is 11.5 Å². The topological polar surface area (TPSA) is 109 Å². The number of hydrogen-bond donors (Lipinski definition) is 4. The maximum atomic E-state index is 7.35. The molecule has 0 heterocycles. The summed E-state index contributed by atoms with van der Waals surface area (Å²) in [6.07, 6.45) is 0. The van der Waals surface area contributed by atoms with Crippen molar-refractivity contribution in [3.63, 3.8) is 0 Å². The monoisotopic (exact) mass is 540 g/mol. The Morgan fingerprint density at radius 1 is 0.885 bits per heavy atom. The highest BCUT2D eigenvalue weighted by molar-refractivity contribution is 8.93. The molecule has 5 nitrogen and oxygen atoms in total. The molecule has 0 fully saturated rings. The minimum absolute atomic E-state index is 0. The van der Waals surface area contributed by atoms with Crippen molar-refractivity contribution in [3.05, 3.63) is 58.6 Å². The van der Waals surface area contributed by atoms with E-state index in [0.717, 1.165) is 11.1 Å². The van der Waals surface area contributed by atoms with Crippen molar-refractivity contribution in [1.82, 2.24) is 0 Å². The molecule has 0 atom stereocenters. The first-order valence-electron chi connectivity index (χ1n) is 6.93. The number of benzene rings is 2. The van der Waals surface area contributed by atoms with E-state index in [-0.39, 0.29) is 44.3 Å². The lowest BCUT2D eigenvalue weighted by molar-refractivity contribution is 0.474. The van der Waals surface area contributed by atoms with Gasteiger partial charge in [0.25, 0.3) is 0 Å². The van der Waals surface area contributed by atoms with Gasteiger partial charge in [-0.25, -0.2) is 0 Å². The summed E-state index contributed by atoms with van der Waals surface area (Å²) in [4.78, 5) is 0. The summed E-state index contributed by atoms with van der Waals surface area (Å²) in [5, 5.41) is 15.4. The van der Waals surface area contributed by atoms with E-state index < -0.39 is 0 Å². The van der Waals surface area contributed by atoms with Crippen LogP contribution in [0.25, 0.3) is 0 Å². The van der Waals surface area contributed by atoms with Gasteiger partial charge < -0.3 is 16.2 Å². The number of thioether (sulfide) groups is 2. The SMILES string of the molecule is Br.Br.N=C(N)SCc1ccccc1Oc1cc(Cl)ccc1CSC(=N)N. The lowest BCUT2D eigenvalue weighted by Gasteiger charge is -2.14. The Labute approximate surface area is 187 Å². The van der Waals surface area contributed by atoms with Crippen LogP contribution in [0.4, 0.5) is 0 Å². The second kappa shape index (κ2) is 12.5. The number of para-hydroxylation sites is 1. The smallest absolute Gasteiger partial charge is 0.151 e. The van der Waals surface area contributed by atoms with Gasteiger partial charge in [0.1, 0.15) is 11.5 Å². The molecule has 6 N–H and O–H groups in total. The summed E-state index contributed by atoms with van der Waals surface area (Å²) in [7, 11) is 0. The summed E-state index contributed by atoms with van der Waals surface area (Å²) >= 11 is 8.55. The predicted molar refractivity (Wildman–Crippen MR) is 125 cm³/mol. The van der Waals surface area contributed by atoms with Gasteiger partial charge >= 0.3 is 0 Å². The van der Waals surface area contributed by atoms with E-state index in [0.29, 0.717) is 28.0 Å². The molecular formula is C16H19Br2ClN4OS2. The molecule has 0 saturated heterocycles. The molecule has 0 bridgehead atoms. The van der Waals surface area contributed by atoms with E-state index in [2.05, 4.69) is 0 Å². The predicted octanol–water partition coefficient (Wildman–Crippen LogP) is 5.54. The third-order valence-electron chi connectivity index (χ3n) is 2.99. The van der Waals surface area contributed by atoms with Crippen molar-refractivity contribution in [3.8, 4) is 11.5 Å². The number of amidine groups is 2. The Morgan fingerprint density at radius 2 is 1.42 bits per heavy atom. The molecule has 0 saturated carbocycles. The van der Waals surface area contributed by atoms with E-state index >= 15 is 0 Å².